The average Bonchev–Trinajstić information content (AvgIpc) is 2.77. The summed E-state index contributed by atoms with van der Waals surface area (Å²) in [6.07, 6.45) is 2.27. The van der Waals surface area contributed by atoms with Gasteiger partial charge in [0.25, 0.3) is 0 Å². The molecule has 0 spiro atoms. The fraction of sp³-hybridized carbons (Fsp3) is 0.750. The molecule has 3 nitrogen and oxygen atoms in total. The minimum Gasteiger partial charge on any atom is -0.374 e. The van der Waals surface area contributed by atoms with Gasteiger partial charge < -0.3 is 10.1 Å². The van der Waals surface area contributed by atoms with E-state index in [1.54, 1.807) is 18.4 Å². The maximum Gasteiger partial charge on any atom is 0.122 e. The van der Waals surface area contributed by atoms with Crippen molar-refractivity contribution in [3.63, 3.8) is 0 Å². The molecule has 4 heteroatoms. The highest BCUT2D eigenvalue weighted by Crippen LogP contribution is 2.25. The molecule has 0 aromatic carbocycles. The SMILES string of the molecule is CCCNC(C)c1csc(C(CC)OC)n1. The second-order valence-corrected chi connectivity index (χ2v) is 4.81. The first kappa shape index (κ1) is 13.6. The number of thiazole rings is 1. The van der Waals surface area contributed by atoms with Gasteiger partial charge in [0.05, 0.1) is 5.69 Å². The summed E-state index contributed by atoms with van der Waals surface area (Å²) in [7, 11) is 1.74. The van der Waals surface area contributed by atoms with E-state index in [1.165, 1.54) is 0 Å². The standard InChI is InChI=1S/C12H22N2OS/c1-5-7-13-9(3)10-8-16-12(14-10)11(6-2)15-4/h8-9,11,13H,5-7H2,1-4H3. The quantitative estimate of drug-likeness (QED) is 0.796. The molecule has 0 radical (unpaired) electrons. The van der Waals surface area contributed by atoms with Crippen LogP contribution in [0, 0.1) is 0 Å². The molecule has 1 N–H and O–H groups in total. The van der Waals surface area contributed by atoms with E-state index in [-0.39, 0.29) is 6.10 Å². The van der Waals surface area contributed by atoms with Gasteiger partial charge in [-0.15, -0.1) is 11.3 Å². The average molecular weight is 242 g/mol. The van der Waals surface area contributed by atoms with Crippen molar-refractivity contribution in [1.29, 1.82) is 0 Å². The van der Waals surface area contributed by atoms with E-state index >= 15 is 0 Å². The molecule has 0 aliphatic rings. The highest BCUT2D eigenvalue weighted by molar-refractivity contribution is 7.09. The van der Waals surface area contributed by atoms with Crippen LogP contribution in [0.1, 0.15) is 56.5 Å². The zero-order chi connectivity index (χ0) is 12.0. The number of hydrogen-bond donors (Lipinski definition) is 1. The highest BCUT2D eigenvalue weighted by Gasteiger charge is 2.15. The fourth-order valence-corrected chi connectivity index (χ4v) is 2.63. The van der Waals surface area contributed by atoms with E-state index in [1.807, 2.05) is 0 Å². The Hall–Kier alpha value is -0.450. The van der Waals surface area contributed by atoms with Gasteiger partial charge in [0, 0.05) is 18.5 Å². The van der Waals surface area contributed by atoms with Crippen molar-refractivity contribution in [2.45, 2.75) is 45.8 Å². The van der Waals surface area contributed by atoms with Gasteiger partial charge in [-0.25, -0.2) is 4.98 Å². The number of hydrogen-bond acceptors (Lipinski definition) is 4. The van der Waals surface area contributed by atoms with Crippen LogP contribution < -0.4 is 5.32 Å². The molecule has 0 aliphatic heterocycles. The Morgan fingerprint density at radius 2 is 2.25 bits per heavy atom. The Morgan fingerprint density at radius 3 is 2.81 bits per heavy atom. The number of nitrogens with one attached hydrogen (secondary N) is 1. The van der Waals surface area contributed by atoms with Crippen LogP contribution in [-0.2, 0) is 4.74 Å². The number of ether oxygens (including phenoxy) is 1. The van der Waals surface area contributed by atoms with Crippen LogP contribution in [0.15, 0.2) is 5.38 Å². The first-order valence-corrected chi connectivity index (χ1v) is 6.82. The topological polar surface area (TPSA) is 34.1 Å². The molecular weight excluding hydrogens is 220 g/mol. The van der Waals surface area contributed by atoms with Crippen LogP contribution in [0.25, 0.3) is 0 Å². The molecule has 1 aromatic heterocycles. The zero-order valence-corrected chi connectivity index (χ0v) is 11.4. The van der Waals surface area contributed by atoms with Crippen LogP contribution in [-0.4, -0.2) is 18.6 Å². The molecule has 0 amide bonds. The first-order chi connectivity index (χ1) is 7.72. The fourth-order valence-electron chi connectivity index (χ4n) is 1.55. The largest absolute Gasteiger partial charge is 0.374 e. The van der Waals surface area contributed by atoms with Crippen LogP contribution in [0.5, 0.6) is 0 Å². The van der Waals surface area contributed by atoms with Gasteiger partial charge >= 0.3 is 0 Å². The Labute approximate surface area is 102 Å². The van der Waals surface area contributed by atoms with Crippen LogP contribution >= 0.6 is 11.3 Å². The van der Waals surface area contributed by atoms with E-state index in [4.69, 9.17) is 4.74 Å². The lowest BCUT2D eigenvalue weighted by molar-refractivity contribution is 0.0996. The lowest BCUT2D eigenvalue weighted by atomic mass is 10.2. The van der Waals surface area contributed by atoms with E-state index in [2.05, 4.69) is 36.5 Å². The van der Waals surface area contributed by atoms with E-state index < -0.39 is 0 Å². The molecule has 16 heavy (non-hydrogen) atoms. The lowest BCUT2D eigenvalue weighted by Gasteiger charge is -2.11. The van der Waals surface area contributed by atoms with Gasteiger partial charge in [-0.05, 0) is 26.3 Å². The molecule has 0 saturated heterocycles. The Morgan fingerprint density at radius 1 is 1.50 bits per heavy atom. The van der Waals surface area contributed by atoms with Gasteiger partial charge in [-0.2, -0.15) is 0 Å². The first-order valence-electron chi connectivity index (χ1n) is 5.94. The third-order valence-electron chi connectivity index (χ3n) is 2.61. The summed E-state index contributed by atoms with van der Waals surface area (Å²) in [6, 6.07) is 0.333. The summed E-state index contributed by atoms with van der Waals surface area (Å²) in [6.45, 7) is 7.48. The van der Waals surface area contributed by atoms with Crippen molar-refractivity contribution < 1.29 is 4.74 Å². The van der Waals surface area contributed by atoms with Gasteiger partial charge in [-0.1, -0.05) is 13.8 Å². The van der Waals surface area contributed by atoms with Crippen LogP contribution in [0.2, 0.25) is 0 Å². The smallest absolute Gasteiger partial charge is 0.122 e. The minimum absolute atomic E-state index is 0.150. The highest BCUT2D eigenvalue weighted by atomic mass is 32.1. The van der Waals surface area contributed by atoms with E-state index in [0.717, 1.165) is 30.1 Å². The zero-order valence-electron chi connectivity index (χ0n) is 10.6. The van der Waals surface area contributed by atoms with Gasteiger partial charge in [-0.3, -0.25) is 0 Å². The number of aromatic nitrogens is 1. The predicted molar refractivity (Wildman–Crippen MR) is 68.9 cm³/mol. The molecule has 2 atom stereocenters. The van der Waals surface area contributed by atoms with Crippen molar-refractivity contribution >= 4 is 11.3 Å². The second-order valence-electron chi connectivity index (χ2n) is 3.92. The molecule has 1 heterocycles. The van der Waals surface area contributed by atoms with Crippen LogP contribution in [0.4, 0.5) is 0 Å². The summed E-state index contributed by atoms with van der Waals surface area (Å²) >= 11 is 1.69. The van der Waals surface area contributed by atoms with E-state index in [0.29, 0.717) is 6.04 Å². The molecular formula is C12H22N2OS. The summed E-state index contributed by atoms with van der Waals surface area (Å²) in [5.41, 5.74) is 1.13. The number of methoxy groups -OCH3 is 1. The second kappa shape index (κ2) is 6.99. The maximum atomic E-state index is 5.39. The van der Waals surface area contributed by atoms with Crippen LogP contribution in [0.3, 0.4) is 0 Å². The Bertz CT molecular complexity index is 297. The van der Waals surface area contributed by atoms with Gasteiger partial charge in [0.2, 0.25) is 0 Å². The van der Waals surface area contributed by atoms with Crippen molar-refractivity contribution in [3.05, 3.63) is 16.1 Å². The lowest BCUT2D eigenvalue weighted by Crippen LogP contribution is -2.19. The van der Waals surface area contributed by atoms with Crippen molar-refractivity contribution in [2.75, 3.05) is 13.7 Å². The molecule has 0 aliphatic carbocycles. The molecule has 0 saturated carbocycles. The molecule has 0 bridgehead atoms. The van der Waals surface area contributed by atoms with E-state index in [9.17, 15) is 0 Å². The summed E-state index contributed by atoms with van der Waals surface area (Å²) in [4.78, 5) is 4.64. The van der Waals surface area contributed by atoms with Crippen molar-refractivity contribution in [2.24, 2.45) is 0 Å². The Balaban J connectivity index is 2.62. The minimum atomic E-state index is 0.150. The number of nitrogens with zero attached hydrogens (tertiary/aromatic N) is 1. The molecule has 1 aromatic rings. The molecule has 92 valence electrons. The predicted octanol–water partition coefficient (Wildman–Crippen LogP) is 3.30. The summed E-state index contributed by atoms with van der Waals surface area (Å²) < 4.78 is 5.39. The third kappa shape index (κ3) is 3.54. The summed E-state index contributed by atoms with van der Waals surface area (Å²) in [5.74, 6) is 0. The van der Waals surface area contributed by atoms with Gasteiger partial charge in [0.1, 0.15) is 11.1 Å². The monoisotopic (exact) mass is 242 g/mol. The van der Waals surface area contributed by atoms with Crippen molar-refractivity contribution in [3.8, 4) is 0 Å². The van der Waals surface area contributed by atoms with Gasteiger partial charge in [0.15, 0.2) is 0 Å². The molecule has 1 rings (SSSR count). The Kier molecular flexibility index (Phi) is 5.95. The summed E-state index contributed by atoms with van der Waals surface area (Å²) in [5, 5.41) is 6.66. The normalized spacial score (nSPS) is 15.0. The molecule has 2 unspecified atom stereocenters. The number of rotatable bonds is 7. The third-order valence-corrected chi connectivity index (χ3v) is 3.57. The maximum absolute atomic E-state index is 5.39. The van der Waals surface area contributed by atoms with Crippen molar-refractivity contribution in [1.82, 2.24) is 10.3 Å². The molecule has 0 fully saturated rings.